The molecule has 0 bridgehead atoms. The minimum absolute atomic E-state index is 0.273. The van der Waals surface area contributed by atoms with Crippen LogP contribution < -0.4 is 10.1 Å². The highest BCUT2D eigenvalue weighted by atomic mass is 35.5. The molecule has 1 amide bonds. The van der Waals surface area contributed by atoms with Crippen molar-refractivity contribution in [1.29, 1.82) is 0 Å². The van der Waals surface area contributed by atoms with Crippen LogP contribution in [0.4, 0.5) is 5.69 Å². The Bertz CT molecular complexity index is 950. The molecule has 2 aromatic heterocycles. The van der Waals surface area contributed by atoms with Crippen LogP contribution in [0.5, 0.6) is 5.75 Å². The smallest absolute Gasteiger partial charge is 0.274 e. The van der Waals surface area contributed by atoms with Crippen LogP contribution in [0.15, 0.2) is 48.8 Å². The second-order valence-electron chi connectivity index (χ2n) is 6.57. The average molecular weight is 385 g/mol. The molecule has 1 fully saturated rings. The van der Waals surface area contributed by atoms with E-state index in [2.05, 4.69) is 15.2 Å². The van der Waals surface area contributed by atoms with Crippen molar-refractivity contribution < 1.29 is 9.53 Å². The molecule has 140 valence electrons. The molecule has 1 aliphatic rings. The lowest BCUT2D eigenvalue weighted by Gasteiger charge is -2.15. The number of nitrogens with one attached hydrogen (secondary N) is 1. The predicted molar refractivity (Wildman–Crippen MR) is 106 cm³/mol. The molecule has 6 nitrogen and oxygen atoms in total. The third-order valence-electron chi connectivity index (χ3n) is 4.71. The second kappa shape index (κ2) is 7.98. The van der Waals surface area contributed by atoms with Gasteiger partial charge in [-0.2, -0.15) is 0 Å². The van der Waals surface area contributed by atoms with Crippen molar-refractivity contribution in [2.75, 3.05) is 31.6 Å². The summed E-state index contributed by atoms with van der Waals surface area (Å²) in [5.41, 5.74) is 1.68. The Labute approximate surface area is 162 Å². The summed E-state index contributed by atoms with van der Waals surface area (Å²) in [6.45, 7) is 3.84. The van der Waals surface area contributed by atoms with Gasteiger partial charge >= 0.3 is 0 Å². The second-order valence-corrected chi connectivity index (χ2v) is 6.97. The third kappa shape index (κ3) is 4.07. The number of rotatable bonds is 6. The van der Waals surface area contributed by atoms with Gasteiger partial charge in [0.25, 0.3) is 5.91 Å². The monoisotopic (exact) mass is 384 g/mol. The van der Waals surface area contributed by atoms with Crippen LogP contribution in [0.2, 0.25) is 5.02 Å². The molecular formula is C20H21ClN4O2. The van der Waals surface area contributed by atoms with E-state index in [0.717, 1.165) is 19.6 Å². The van der Waals surface area contributed by atoms with Gasteiger partial charge in [-0.25, -0.2) is 4.98 Å². The maximum Gasteiger partial charge on any atom is 0.274 e. The highest BCUT2D eigenvalue weighted by molar-refractivity contribution is 6.33. The highest BCUT2D eigenvalue weighted by Gasteiger charge is 2.15. The molecule has 7 heteroatoms. The molecule has 0 aliphatic carbocycles. The first-order chi connectivity index (χ1) is 13.2. The number of fused-ring (bicyclic) bond motifs is 1. The predicted octanol–water partition coefficient (Wildman–Crippen LogP) is 3.71. The van der Waals surface area contributed by atoms with Crippen molar-refractivity contribution in [2.45, 2.75) is 12.8 Å². The van der Waals surface area contributed by atoms with Crippen molar-refractivity contribution in [3.63, 3.8) is 0 Å². The maximum absolute atomic E-state index is 12.7. The summed E-state index contributed by atoms with van der Waals surface area (Å²) in [4.78, 5) is 19.4. The summed E-state index contributed by atoms with van der Waals surface area (Å²) in [7, 11) is 0. The van der Waals surface area contributed by atoms with E-state index in [9.17, 15) is 4.79 Å². The maximum atomic E-state index is 12.7. The zero-order valence-corrected chi connectivity index (χ0v) is 15.7. The number of pyridine rings is 1. The summed E-state index contributed by atoms with van der Waals surface area (Å²) in [6, 6.07) is 10.9. The van der Waals surface area contributed by atoms with Gasteiger partial charge in [0, 0.05) is 6.54 Å². The first-order valence-electron chi connectivity index (χ1n) is 9.09. The van der Waals surface area contributed by atoms with Crippen LogP contribution in [0, 0.1) is 0 Å². The number of nitrogens with zero attached hydrogens (tertiary/aromatic N) is 3. The van der Waals surface area contributed by atoms with E-state index in [4.69, 9.17) is 16.3 Å². The molecule has 0 spiro atoms. The number of ether oxygens (including phenoxy) is 1. The number of carbonyl (C=O) groups excluding carboxylic acids is 1. The number of amides is 1. The molecule has 0 saturated carbocycles. The van der Waals surface area contributed by atoms with Crippen molar-refractivity contribution in [3.05, 3.63) is 59.5 Å². The Balaban J connectivity index is 1.47. The first-order valence-corrected chi connectivity index (χ1v) is 9.47. The van der Waals surface area contributed by atoms with Gasteiger partial charge in [-0.15, -0.1) is 0 Å². The lowest BCUT2D eigenvalue weighted by atomic mass is 10.3. The fourth-order valence-electron chi connectivity index (χ4n) is 3.26. The number of hydrogen-bond donors (Lipinski definition) is 1. The molecule has 0 unspecified atom stereocenters. The number of anilines is 1. The number of halogens is 1. The quantitative estimate of drug-likeness (QED) is 0.703. The standard InChI is InChI=1S/C20H21ClN4O2/c21-16-5-1-2-6-17(16)23-20(26)18-13-22-19-8-7-15(14-25(18)19)27-12-11-24-9-3-4-10-24/h1-2,5-8,13-14H,3-4,9-12H2,(H,23,26). The van der Waals surface area contributed by atoms with Gasteiger partial charge in [0.1, 0.15) is 23.7 Å². The Morgan fingerprint density at radius 1 is 1.19 bits per heavy atom. The Morgan fingerprint density at radius 2 is 2.00 bits per heavy atom. The van der Waals surface area contributed by atoms with Gasteiger partial charge in [-0.05, 0) is 50.2 Å². The van der Waals surface area contributed by atoms with Crippen molar-refractivity contribution in [2.24, 2.45) is 0 Å². The topological polar surface area (TPSA) is 58.9 Å². The summed E-state index contributed by atoms with van der Waals surface area (Å²) in [5.74, 6) is 0.441. The highest BCUT2D eigenvalue weighted by Crippen LogP contribution is 2.22. The number of para-hydroxylation sites is 1. The summed E-state index contributed by atoms with van der Waals surface area (Å²) in [6.07, 6.45) is 5.89. The van der Waals surface area contributed by atoms with Crippen LogP contribution in [-0.2, 0) is 0 Å². The van der Waals surface area contributed by atoms with Gasteiger partial charge < -0.3 is 10.1 Å². The molecule has 4 rings (SSSR count). The van der Waals surface area contributed by atoms with Gasteiger partial charge in [0.05, 0.1) is 23.1 Å². The average Bonchev–Trinajstić information content (AvgIpc) is 3.33. The molecular weight excluding hydrogens is 364 g/mol. The Kier molecular flexibility index (Phi) is 5.27. The third-order valence-corrected chi connectivity index (χ3v) is 5.04. The first kappa shape index (κ1) is 17.8. The molecule has 1 N–H and O–H groups in total. The van der Waals surface area contributed by atoms with E-state index in [-0.39, 0.29) is 5.91 Å². The van der Waals surface area contributed by atoms with Gasteiger partial charge in [0.2, 0.25) is 0 Å². The fraction of sp³-hybridized carbons (Fsp3) is 0.300. The van der Waals surface area contributed by atoms with Gasteiger partial charge in [-0.1, -0.05) is 23.7 Å². The lowest BCUT2D eigenvalue weighted by Crippen LogP contribution is -2.25. The van der Waals surface area contributed by atoms with E-state index in [1.807, 2.05) is 24.3 Å². The van der Waals surface area contributed by atoms with Crippen LogP contribution in [0.3, 0.4) is 0 Å². The van der Waals surface area contributed by atoms with Crippen molar-refractivity contribution in [3.8, 4) is 5.75 Å². The number of aromatic nitrogens is 2. The normalized spacial score (nSPS) is 14.6. The van der Waals surface area contributed by atoms with Gasteiger partial charge in [-0.3, -0.25) is 14.1 Å². The molecule has 1 saturated heterocycles. The number of benzene rings is 1. The van der Waals surface area contributed by atoms with E-state index in [1.54, 1.807) is 28.9 Å². The minimum atomic E-state index is -0.273. The molecule has 1 aromatic carbocycles. The zero-order chi connectivity index (χ0) is 18.6. The molecule has 3 aromatic rings. The van der Waals surface area contributed by atoms with Gasteiger partial charge in [0.15, 0.2) is 0 Å². The fourth-order valence-corrected chi connectivity index (χ4v) is 3.45. The van der Waals surface area contributed by atoms with E-state index >= 15 is 0 Å². The summed E-state index contributed by atoms with van der Waals surface area (Å²) < 4.78 is 7.61. The van der Waals surface area contributed by atoms with Crippen molar-refractivity contribution in [1.82, 2.24) is 14.3 Å². The summed E-state index contributed by atoms with van der Waals surface area (Å²) in [5, 5.41) is 3.32. The Hall–Kier alpha value is -2.57. The van der Waals surface area contributed by atoms with Crippen molar-refractivity contribution >= 4 is 28.8 Å². The van der Waals surface area contributed by atoms with E-state index < -0.39 is 0 Å². The number of likely N-dealkylation sites (tertiary alicyclic amines) is 1. The molecule has 1 aliphatic heterocycles. The molecule has 27 heavy (non-hydrogen) atoms. The summed E-state index contributed by atoms with van der Waals surface area (Å²) >= 11 is 6.12. The van der Waals surface area contributed by atoms with Crippen LogP contribution in [0.1, 0.15) is 23.3 Å². The zero-order valence-electron chi connectivity index (χ0n) is 14.9. The van der Waals surface area contributed by atoms with E-state index in [0.29, 0.717) is 34.4 Å². The number of hydrogen-bond acceptors (Lipinski definition) is 4. The van der Waals surface area contributed by atoms with Crippen LogP contribution in [-0.4, -0.2) is 46.4 Å². The number of carbonyl (C=O) groups is 1. The molecule has 3 heterocycles. The molecule has 0 radical (unpaired) electrons. The van der Waals surface area contributed by atoms with Crippen LogP contribution in [0.25, 0.3) is 5.65 Å². The lowest BCUT2D eigenvalue weighted by molar-refractivity contribution is 0.102. The number of imidazole rings is 1. The Morgan fingerprint density at radius 3 is 2.81 bits per heavy atom. The van der Waals surface area contributed by atoms with E-state index in [1.165, 1.54) is 12.8 Å². The van der Waals surface area contributed by atoms with Crippen LogP contribution >= 0.6 is 11.6 Å². The molecule has 0 atom stereocenters. The minimum Gasteiger partial charge on any atom is -0.491 e. The largest absolute Gasteiger partial charge is 0.491 e. The SMILES string of the molecule is O=C(Nc1ccccc1Cl)c1cnc2ccc(OCCN3CCCC3)cn12.